The third kappa shape index (κ3) is 4.17. The van der Waals surface area contributed by atoms with E-state index in [0.29, 0.717) is 17.0 Å². The van der Waals surface area contributed by atoms with Gasteiger partial charge in [0.15, 0.2) is 5.78 Å². The smallest absolute Gasteiger partial charge is 0.254 e. The van der Waals surface area contributed by atoms with E-state index in [4.69, 9.17) is 4.74 Å². The van der Waals surface area contributed by atoms with E-state index in [1.807, 2.05) is 11.0 Å². The van der Waals surface area contributed by atoms with Gasteiger partial charge in [0.2, 0.25) is 0 Å². The predicted octanol–water partition coefficient (Wildman–Crippen LogP) is 3.17. The third-order valence-electron chi connectivity index (χ3n) is 4.30. The Morgan fingerprint density at radius 2 is 2.00 bits per heavy atom. The summed E-state index contributed by atoms with van der Waals surface area (Å²) in [6, 6.07) is 7.11. The fourth-order valence-electron chi connectivity index (χ4n) is 3.15. The normalized spacial score (nSPS) is 18.3. The van der Waals surface area contributed by atoms with Crippen molar-refractivity contribution in [3.8, 4) is 0 Å². The SMILES string of the molecule is COCCCC1CCCN(C(=O)c2ccccc2C(C)=O)C1. The molecule has 1 fully saturated rings. The van der Waals surface area contributed by atoms with E-state index in [9.17, 15) is 9.59 Å². The Bertz CT molecular complexity index is 527. The van der Waals surface area contributed by atoms with Crippen LogP contribution in [-0.4, -0.2) is 43.4 Å². The number of rotatable bonds is 6. The Morgan fingerprint density at radius 3 is 2.68 bits per heavy atom. The summed E-state index contributed by atoms with van der Waals surface area (Å²) >= 11 is 0. The second kappa shape index (κ2) is 8.08. The second-order valence-corrected chi connectivity index (χ2v) is 6.00. The van der Waals surface area contributed by atoms with Crippen molar-refractivity contribution in [1.82, 2.24) is 4.90 Å². The highest BCUT2D eigenvalue weighted by Crippen LogP contribution is 2.23. The number of methoxy groups -OCH3 is 1. The van der Waals surface area contributed by atoms with Gasteiger partial charge in [0.1, 0.15) is 0 Å². The van der Waals surface area contributed by atoms with Crippen molar-refractivity contribution in [2.24, 2.45) is 5.92 Å². The molecule has 1 unspecified atom stereocenters. The summed E-state index contributed by atoms with van der Waals surface area (Å²) in [5.41, 5.74) is 1.06. The van der Waals surface area contributed by atoms with Crippen LogP contribution >= 0.6 is 0 Å². The summed E-state index contributed by atoms with van der Waals surface area (Å²) in [6.45, 7) is 3.86. The van der Waals surface area contributed by atoms with Crippen molar-refractivity contribution in [2.75, 3.05) is 26.8 Å². The van der Waals surface area contributed by atoms with Gasteiger partial charge in [0, 0.05) is 32.4 Å². The highest BCUT2D eigenvalue weighted by molar-refractivity contribution is 6.07. The van der Waals surface area contributed by atoms with Crippen LogP contribution in [0.15, 0.2) is 24.3 Å². The number of ether oxygens (including phenoxy) is 1. The molecule has 1 heterocycles. The molecule has 0 N–H and O–H groups in total. The Morgan fingerprint density at radius 1 is 1.27 bits per heavy atom. The molecule has 1 aromatic carbocycles. The van der Waals surface area contributed by atoms with Crippen LogP contribution in [-0.2, 0) is 4.74 Å². The summed E-state index contributed by atoms with van der Waals surface area (Å²) in [7, 11) is 1.72. The molecule has 0 aromatic heterocycles. The van der Waals surface area contributed by atoms with E-state index >= 15 is 0 Å². The molecule has 0 saturated carbocycles. The van der Waals surface area contributed by atoms with Crippen molar-refractivity contribution >= 4 is 11.7 Å². The average molecular weight is 303 g/mol. The minimum atomic E-state index is -0.0578. The van der Waals surface area contributed by atoms with Gasteiger partial charge in [-0.1, -0.05) is 18.2 Å². The Labute approximate surface area is 132 Å². The molecule has 0 spiro atoms. The van der Waals surface area contributed by atoms with Crippen molar-refractivity contribution in [2.45, 2.75) is 32.6 Å². The highest BCUT2D eigenvalue weighted by Gasteiger charge is 2.26. The second-order valence-electron chi connectivity index (χ2n) is 6.00. The van der Waals surface area contributed by atoms with Gasteiger partial charge in [-0.05, 0) is 44.6 Å². The van der Waals surface area contributed by atoms with Crippen molar-refractivity contribution in [1.29, 1.82) is 0 Å². The quantitative estimate of drug-likeness (QED) is 0.599. The van der Waals surface area contributed by atoms with Crippen LogP contribution in [0.2, 0.25) is 0 Å². The number of piperidine rings is 1. The number of carbonyl (C=O) groups excluding carboxylic acids is 2. The highest BCUT2D eigenvalue weighted by atomic mass is 16.5. The van der Waals surface area contributed by atoms with Gasteiger partial charge in [-0.2, -0.15) is 0 Å². The van der Waals surface area contributed by atoms with Crippen LogP contribution in [0.3, 0.4) is 0 Å². The third-order valence-corrected chi connectivity index (χ3v) is 4.30. The number of Topliss-reactive ketones (excluding diaryl/α,β-unsaturated/α-hetero) is 1. The Hall–Kier alpha value is -1.68. The summed E-state index contributed by atoms with van der Waals surface area (Å²) in [5, 5.41) is 0. The number of nitrogens with zero attached hydrogens (tertiary/aromatic N) is 1. The molecule has 2 rings (SSSR count). The van der Waals surface area contributed by atoms with Crippen LogP contribution < -0.4 is 0 Å². The molecule has 0 aliphatic carbocycles. The maximum atomic E-state index is 12.7. The lowest BCUT2D eigenvalue weighted by Gasteiger charge is -2.33. The number of likely N-dealkylation sites (tertiary alicyclic amines) is 1. The van der Waals surface area contributed by atoms with Crippen molar-refractivity contribution in [3.63, 3.8) is 0 Å². The van der Waals surface area contributed by atoms with E-state index in [1.54, 1.807) is 25.3 Å². The first-order chi connectivity index (χ1) is 10.6. The van der Waals surface area contributed by atoms with E-state index in [2.05, 4.69) is 0 Å². The van der Waals surface area contributed by atoms with Crippen LogP contribution in [0, 0.1) is 5.92 Å². The lowest BCUT2D eigenvalue weighted by Crippen LogP contribution is -2.40. The number of hydrogen-bond donors (Lipinski definition) is 0. The first kappa shape index (κ1) is 16.7. The van der Waals surface area contributed by atoms with Gasteiger partial charge in [0.05, 0.1) is 5.56 Å². The van der Waals surface area contributed by atoms with E-state index < -0.39 is 0 Å². The van der Waals surface area contributed by atoms with Crippen molar-refractivity contribution in [3.05, 3.63) is 35.4 Å². The summed E-state index contributed by atoms with van der Waals surface area (Å²) in [4.78, 5) is 26.4. The lowest BCUT2D eigenvalue weighted by atomic mass is 9.92. The zero-order valence-electron chi connectivity index (χ0n) is 13.5. The number of benzene rings is 1. The molecule has 4 heteroatoms. The maximum absolute atomic E-state index is 12.7. The standard InChI is InChI=1S/C18H25NO3/c1-14(20)16-9-3-4-10-17(16)18(21)19-11-5-7-15(13-19)8-6-12-22-2/h3-4,9-10,15H,5-8,11-13H2,1-2H3. The molecule has 0 radical (unpaired) electrons. The summed E-state index contributed by atoms with van der Waals surface area (Å²) < 4.78 is 5.10. The molecule has 1 atom stereocenters. The largest absolute Gasteiger partial charge is 0.385 e. The molecule has 0 bridgehead atoms. The molecule has 1 saturated heterocycles. The molecular weight excluding hydrogens is 278 g/mol. The van der Waals surface area contributed by atoms with E-state index in [-0.39, 0.29) is 11.7 Å². The van der Waals surface area contributed by atoms with Gasteiger partial charge in [-0.15, -0.1) is 0 Å². The molecule has 1 aliphatic rings. The maximum Gasteiger partial charge on any atom is 0.254 e. The Kier molecular flexibility index (Phi) is 6.13. The fourth-order valence-corrected chi connectivity index (χ4v) is 3.15. The zero-order chi connectivity index (χ0) is 15.9. The zero-order valence-corrected chi connectivity index (χ0v) is 13.5. The van der Waals surface area contributed by atoms with E-state index in [1.165, 1.54) is 13.3 Å². The number of ketones is 1. The fraction of sp³-hybridized carbons (Fsp3) is 0.556. The van der Waals surface area contributed by atoms with Crippen molar-refractivity contribution < 1.29 is 14.3 Å². The molecule has 1 aromatic rings. The van der Waals surface area contributed by atoms with E-state index in [0.717, 1.165) is 39.0 Å². The van der Waals surface area contributed by atoms with Crippen LogP contribution in [0.25, 0.3) is 0 Å². The lowest BCUT2D eigenvalue weighted by molar-refractivity contribution is 0.0657. The molecular formula is C18H25NO3. The monoisotopic (exact) mass is 303 g/mol. The van der Waals surface area contributed by atoms with Gasteiger partial charge < -0.3 is 9.64 Å². The molecule has 4 nitrogen and oxygen atoms in total. The van der Waals surface area contributed by atoms with Crippen LogP contribution in [0.5, 0.6) is 0 Å². The minimum Gasteiger partial charge on any atom is -0.385 e. The van der Waals surface area contributed by atoms with Gasteiger partial charge in [-0.25, -0.2) is 0 Å². The van der Waals surface area contributed by atoms with Crippen LogP contribution in [0.1, 0.15) is 53.3 Å². The summed E-state index contributed by atoms with van der Waals surface area (Å²) in [5.74, 6) is 0.470. The number of carbonyl (C=O) groups is 2. The van der Waals surface area contributed by atoms with Gasteiger partial charge >= 0.3 is 0 Å². The van der Waals surface area contributed by atoms with Crippen LogP contribution in [0.4, 0.5) is 0 Å². The van der Waals surface area contributed by atoms with Gasteiger partial charge in [-0.3, -0.25) is 9.59 Å². The Balaban J connectivity index is 2.04. The molecule has 22 heavy (non-hydrogen) atoms. The number of hydrogen-bond acceptors (Lipinski definition) is 3. The molecule has 120 valence electrons. The average Bonchev–Trinajstić information content (AvgIpc) is 2.54. The number of amides is 1. The minimum absolute atomic E-state index is 0.0118. The first-order valence-electron chi connectivity index (χ1n) is 8.01. The van der Waals surface area contributed by atoms with Gasteiger partial charge in [0.25, 0.3) is 5.91 Å². The molecule has 1 amide bonds. The molecule has 1 aliphatic heterocycles. The summed E-state index contributed by atoms with van der Waals surface area (Å²) in [6.07, 6.45) is 4.33. The topological polar surface area (TPSA) is 46.6 Å². The predicted molar refractivity (Wildman–Crippen MR) is 86.2 cm³/mol. The first-order valence-corrected chi connectivity index (χ1v) is 8.01.